The highest BCUT2D eigenvalue weighted by atomic mass is 16.5. The highest BCUT2D eigenvalue weighted by molar-refractivity contribution is 4.94. The van der Waals surface area contributed by atoms with Crippen LogP contribution in [0.2, 0.25) is 0 Å². The molecular weight excluding hydrogens is 190 g/mol. The van der Waals surface area contributed by atoms with Gasteiger partial charge in [0, 0.05) is 20.3 Å². The maximum atomic E-state index is 5.35. The zero-order valence-electron chi connectivity index (χ0n) is 10.2. The average Bonchev–Trinajstić information content (AvgIpc) is 2.26. The zero-order chi connectivity index (χ0) is 11.4. The zero-order valence-corrected chi connectivity index (χ0v) is 10.2. The van der Waals surface area contributed by atoms with E-state index < -0.39 is 0 Å². The Bertz CT molecular complexity index is 149. The van der Waals surface area contributed by atoms with Crippen LogP contribution in [0.15, 0.2) is 12.2 Å². The van der Waals surface area contributed by atoms with Crippen molar-refractivity contribution in [1.29, 1.82) is 0 Å². The van der Waals surface area contributed by atoms with Crippen molar-refractivity contribution < 1.29 is 9.47 Å². The summed E-state index contributed by atoms with van der Waals surface area (Å²) in [5.74, 6) is 0. The molecule has 3 nitrogen and oxygen atoms in total. The fraction of sp³-hybridized carbons (Fsp3) is 0.833. The Labute approximate surface area is 93.8 Å². The molecule has 0 saturated heterocycles. The number of unbranched alkanes of at least 4 members (excludes halogenated alkanes) is 1. The molecule has 90 valence electrons. The first-order chi connectivity index (χ1) is 7.31. The molecule has 1 N–H and O–H groups in total. The predicted octanol–water partition coefficient (Wildman–Crippen LogP) is 1.99. The van der Waals surface area contributed by atoms with Crippen LogP contribution in [-0.2, 0) is 9.47 Å². The molecule has 0 aliphatic carbocycles. The fourth-order valence-corrected chi connectivity index (χ4v) is 1.09. The van der Waals surface area contributed by atoms with E-state index in [1.165, 1.54) is 5.57 Å². The number of hydrogen-bond acceptors (Lipinski definition) is 3. The van der Waals surface area contributed by atoms with Crippen molar-refractivity contribution >= 4 is 0 Å². The van der Waals surface area contributed by atoms with E-state index in [0.29, 0.717) is 13.2 Å². The van der Waals surface area contributed by atoms with E-state index in [1.807, 2.05) is 0 Å². The molecule has 0 spiro atoms. The summed E-state index contributed by atoms with van der Waals surface area (Å²) in [6.45, 7) is 10.3. The lowest BCUT2D eigenvalue weighted by atomic mass is 10.2. The van der Waals surface area contributed by atoms with Crippen LogP contribution in [0.4, 0.5) is 0 Å². The van der Waals surface area contributed by atoms with E-state index in [9.17, 15) is 0 Å². The van der Waals surface area contributed by atoms with Gasteiger partial charge in [-0.15, -0.1) is 0 Å². The van der Waals surface area contributed by atoms with Crippen molar-refractivity contribution in [3.05, 3.63) is 12.2 Å². The Morgan fingerprint density at radius 1 is 1.20 bits per heavy atom. The van der Waals surface area contributed by atoms with Crippen LogP contribution in [-0.4, -0.2) is 40.0 Å². The Balaban J connectivity index is 2.95. The normalized spacial score (nSPS) is 10.5. The van der Waals surface area contributed by atoms with Gasteiger partial charge in [0.2, 0.25) is 0 Å². The monoisotopic (exact) mass is 215 g/mol. The molecule has 0 bridgehead atoms. The minimum Gasteiger partial charge on any atom is -0.382 e. The Morgan fingerprint density at radius 3 is 2.67 bits per heavy atom. The lowest BCUT2D eigenvalue weighted by Crippen LogP contribution is -2.18. The van der Waals surface area contributed by atoms with Crippen LogP contribution in [0.3, 0.4) is 0 Å². The Morgan fingerprint density at radius 2 is 2.00 bits per heavy atom. The summed E-state index contributed by atoms with van der Waals surface area (Å²) in [6.07, 6.45) is 3.33. The second kappa shape index (κ2) is 11.7. The van der Waals surface area contributed by atoms with Gasteiger partial charge < -0.3 is 14.8 Å². The largest absolute Gasteiger partial charge is 0.382 e. The number of ether oxygens (including phenoxy) is 2. The van der Waals surface area contributed by atoms with E-state index in [-0.39, 0.29) is 0 Å². The molecule has 0 radical (unpaired) electrons. The van der Waals surface area contributed by atoms with Crippen molar-refractivity contribution in [2.45, 2.75) is 26.2 Å². The number of nitrogens with one attached hydrogen (secondary N) is 1. The molecule has 0 aromatic rings. The molecule has 0 atom stereocenters. The van der Waals surface area contributed by atoms with Gasteiger partial charge in [-0.05, 0) is 25.8 Å². The van der Waals surface area contributed by atoms with Gasteiger partial charge in [0.25, 0.3) is 0 Å². The van der Waals surface area contributed by atoms with Gasteiger partial charge >= 0.3 is 0 Å². The second-order valence-corrected chi connectivity index (χ2v) is 3.59. The molecule has 0 aliphatic heterocycles. The summed E-state index contributed by atoms with van der Waals surface area (Å²) in [7, 11) is 1.69. The summed E-state index contributed by atoms with van der Waals surface area (Å²) in [4.78, 5) is 0. The molecule has 15 heavy (non-hydrogen) atoms. The van der Waals surface area contributed by atoms with E-state index in [4.69, 9.17) is 9.47 Å². The summed E-state index contributed by atoms with van der Waals surface area (Å²) in [5, 5.41) is 3.36. The van der Waals surface area contributed by atoms with Crippen LogP contribution in [0.1, 0.15) is 26.2 Å². The van der Waals surface area contributed by atoms with E-state index in [1.54, 1.807) is 7.11 Å². The predicted molar refractivity (Wildman–Crippen MR) is 64.2 cm³/mol. The van der Waals surface area contributed by atoms with Gasteiger partial charge in [-0.1, -0.05) is 19.1 Å². The van der Waals surface area contributed by atoms with Crippen molar-refractivity contribution in [3.63, 3.8) is 0 Å². The standard InChI is InChI=1S/C12H25NO2/c1-4-12(2)11-13-7-5-6-8-15-10-9-14-3/h13H,2,4-11H2,1,3H3. The first kappa shape index (κ1) is 14.6. The second-order valence-electron chi connectivity index (χ2n) is 3.59. The molecule has 3 heteroatoms. The van der Waals surface area contributed by atoms with Crippen LogP contribution in [0.25, 0.3) is 0 Å². The third-order valence-corrected chi connectivity index (χ3v) is 2.20. The van der Waals surface area contributed by atoms with Gasteiger partial charge in [0.15, 0.2) is 0 Å². The van der Waals surface area contributed by atoms with Crippen LogP contribution >= 0.6 is 0 Å². The summed E-state index contributed by atoms with van der Waals surface area (Å²) < 4.78 is 10.2. The molecule has 0 aliphatic rings. The highest BCUT2D eigenvalue weighted by Crippen LogP contribution is 1.94. The van der Waals surface area contributed by atoms with Crippen molar-refractivity contribution in [1.82, 2.24) is 5.32 Å². The average molecular weight is 215 g/mol. The summed E-state index contributed by atoms with van der Waals surface area (Å²) in [6, 6.07) is 0. The summed E-state index contributed by atoms with van der Waals surface area (Å²) >= 11 is 0. The SMILES string of the molecule is C=C(CC)CNCCCCOCCOC. The maximum Gasteiger partial charge on any atom is 0.0700 e. The van der Waals surface area contributed by atoms with Crippen molar-refractivity contribution in [3.8, 4) is 0 Å². The highest BCUT2D eigenvalue weighted by Gasteiger charge is 1.92. The smallest absolute Gasteiger partial charge is 0.0700 e. The Kier molecular flexibility index (Phi) is 11.4. The molecule has 0 unspecified atom stereocenters. The van der Waals surface area contributed by atoms with E-state index >= 15 is 0 Å². The fourth-order valence-electron chi connectivity index (χ4n) is 1.09. The molecule has 0 saturated carbocycles. The van der Waals surface area contributed by atoms with Crippen molar-refractivity contribution in [2.24, 2.45) is 0 Å². The minimum absolute atomic E-state index is 0.689. The van der Waals surface area contributed by atoms with Gasteiger partial charge in [-0.3, -0.25) is 0 Å². The molecule has 0 fully saturated rings. The van der Waals surface area contributed by atoms with Crippen LogP contribution in [0.5, 0.6) is 0 Å². The first-order valence-corrected chi connectivity index (χ1v) is 5.75. The van der Waals surface area contributed by atoms with E-state index in [2.05, 4.69) is 18.8 Å². The number of methoxy groups -OCH3 is 1. The Hall–Kier alpha value is -0.380. The van der Waals surface area contributed by atoms with Crippen LogP contribution in [0, 0.1) is 0 Å². The molecule has 0 aromatic heterocycles. The lowest BCUT2D eigenvalue weighted by Gasteiger charge is -2.06. The van der Waals surface area contributed by atoms with E-state index in [0.717, 1.165) is 39.0 Å². The molecule has 0 amide bonds. The molecule has 0 heterocycles. The summed E-state index contributed by atoms with van der Waals surface area (Å²) in [5.41, 5.74) is 1.27. The third-order valence-electron chi connectivity index (χ3n) is 2.20. The number of rotatable bonds is 11. The van der Waals surface area contributed by atoms with Gasteiger partial charge in [0.05, 0.1) is 13.2 Å². The lowest BCUT2D eigenvalue weighted by molar-refractivity contribution is 0.0688. The van der Waals surface area contributed by atoms with Crippen molar-refractivity contribution in [2.75, 3.05) is 40.0 Å². The van der Waals surface area contributed by atoms with Gasteiger partial charge in [-0.25, -0.2) is 0 Å². The van der Waals surface area contributed by atoms with Crippen LogP contribution < -0.4 is 5.32 Å². The minimum atomic E-state index is 0.689. The molecular formula is C12H25NO2. The number of hydrogen-bond donors (Lipinski definition) is 1. The maximum absolute atomic E-state index is 5.35. The first-order valence-electron chi connectivity index (χ1n) is 5.75. The molecule has 0 rings (SSSR count). The molecule has 0 aromatic carbocycles. The van der Waals surface area contributed by atoms with Gasteiger partial charge in [0.1, 0.15) is 0 Å². The van der Waals surface area contributed by atoms with Gasteiger partial charge in [-0.2, -0.15) is 0 Å². The third kappa shape index (κ3) is 11.5. The quantitative estimate of drug-likeness (QED) is 0.422. The topological polar surface area (TPSA) is 30.5 Å².